The van der Waals surface area contributed by atoms with Crippen molar-refractivity contribution in [3.63, 3.8) is 0 Å². The van der Waals surface area contributed by atoms with E-state index < -0.39 is 0 Å². The lowest BCUT2D eigenvalue weighted by Gasteiger charge is -1.99. The van der Waals surface area contributed by atoms with Crippen molar-refractivity contribution >= 4 is 23.6 Å². The second-order valence-electron chi connectivity index (χ2n) is 2.07. The van der Waals surface area contributed by atoms with Crippen molar-refractivity contribution in [2.45, 2.75) is 13.3 Å². The van der Waals surface area contributed by atoms with E-state index in [1.807, 2.05) is 0 Å². The zero-order valence-corrected chi connectivity index (χ0v) is 7.86. The van der Waals surface area contributed by atoms with E-state index in [4.69, 9.17) is 5.73 Å². The van der Waals surface area contributed by atoms with Crippen LogP contribution in [0.1, 0.15) is 13.3 Å². The first-order valence-corrected chi connectivity index (χ1v) is 4.84. The molecule has 0 radical (unpaired) electrons. The Morgan fingerprint density at radius 3 is 2.67 bits per heavy atom. The molecule has 0 unspecified atom stereocenters. The molecular formula is C7H13NO3S. The quantitative estimate of drug-likeness (QED) is 0.479. The lowest BCUT2D eigenvalue weighted by Crippen LogP contribution is -2.12. The van der Waals surface area contributed by atoms with Crippen LogP contribution in [0, 0.1) is 0 Å². The van der Waals surface area contributed by atoms with Gasteiger partial charge in [0.1, 0.15) is 0 Å². The van der Waals surface area contributed by atoms with Crippen LogP contribution in [0.5, 0.6) is 0 Å². The van der Waals surface area contributed by atoms with E-state index in [1.165, 1.54) is 11.8 Å². The largest absolute Gasteiger partial charge is 0.465 e. The van der Waals surface area contributed by atoms with Crippen LogP contribution < -0.4 is 5.73 Å². The maximum atomic E-state index is 10.7. The summed E-state index contributed by atoms with van der Waals surface area (Å²) in [7, 11) is 0. The van der Waals surface area contributed by atoms with Gasteiger partial charge in [-0.25, -0.2) is 0 Å². The van der Waals surface area contributed by atoms with Crippen molar-refractivity contribution in [1.82, 2.24) is 0 Å². The Balaban J connectivity index is 3.19. The van der Waals surface area contributed by atoms with E-state index in [0.717, 1.165) is 0 Å². The van der Waals surface area contributed by atoms with Crippen LogP contribution in [-0.4, -0.2) is 30.0 Å². The second-order valence-corrected chi connectivity index (χ2v) is 3.18. The second kappa shape index (κ2) is 6.97. The fourth-order valence-electron chi connectivity index (χ4n) is 0.531. The highest BCUT2D eigenvalue weighted by molar-refractivity contribution is 7.99. The molecule has 2 N–H and O–H groups in total. The Morgan fingerprint density at radius 1 is 1.50 bits per heavy atom. The van der Waals surface area contributed by atoms with Crippen LogP contribution >= 0.6 is 11.8 Å². The van der Waals surface area contributed by atoms with Crippen LogP contribution in [-0.2, 0) is 14.3 Å². The molecule has 0 bridgehead atoms. The van der Waals surface area contributed by atoms with E-state index in [2.05, 4.69) is 4.74 Å². The average molecular weight is 191 g/mol. The van der Waals surface area contributed by atoms with Gasteiger partial charge in [0.05, 0.1) is 12.4 Å². The van der Waals surface area contributed by atoms with Crippen molar-refractivity contribution in [3.8, 4) is 0 Å². The monoisotopic (exact) mass is 191 g/mol. The molecule has 1 amide bonds. The van der Waals surface area contributed by atoms with E-state index in [9.17, 15) is 9.59 Å². The SMILES string of the molecule is CCOC(=O)CSCCC(N)=O. The topological polar surface area (TPSA) is 69.4 Å². The van der Waals surface area contributed by atoms with Crippen molar-refractivity contribution in [2.75, 3.05) is 18.1 Å². The summed E-state index contributed by atoms with van der Waals surface area (Å²) in [5.74, 6) is 0.285. The van der Waals surface area contributed by atoms with Gasteiger partial charge in [-0.1, -0.05) is 0 Å². The molecule has 0 atom stereocenters. The molecule has 4 nitrogen and oxygen atoms in total. The normalized spacial score (nSPS) is 9.42. The molecule has 0 heterocycles. The fraction of sp³-hybridized carbons (Fsp3) is 0.714. The van der Waals surface area contributed by atoms with Crippen molar-refractivity contribution < 1.29 is 14.3 Å². The molecule has 0 aliphatic rings. The highest BCUT2D eigenvalue weighted by atomic mass is 32.2. The third kappa shape index (κ3) is 7.40. The molecule has 0 aromatic heterocycles. The summed E-state index contributed by atoms with van der Waals surface area (Å²) in [4.78, 5) is 21.0. The Bertz CT molecular complexity index is 161. The number of carbonyl (C=O) groups excluding carboxylic acids is 2. The van der Waals surface area contributed by atoms with Gasteiger partial charge in [0, 0.05) is 12.2 Å². The lowest BCUT2D eigenvalue weighted by molar-refractivity contribution is -0.139. The minimum atomic E-state index is -0.341. The van der Waals surface area contributed by atoms with Gasteiger partial charge in [-0.15, -0.1) is 11.8 Å². The molecular weight excluding hydrogens is 178 g/mol. The summed E-state index contributed by atoms with van der Waals surface area (Å²) in [6.45, 7) is 2.15. The Morgan fingerprint density at radius 2 is 2.17 bits per heavy atom. The van der Waals surface area contributed by atoms with E-state index >= 15 is 0 Å². The van der Waals surface area contributed by atoms with Gasteiger partial charge in [-0.05, 0) is 6.92 Å². The van der Waals surface area contributed by atoms with Crippen LogP contribution in [0.2, 0.25) is 0 Å². The van der Waals surface area contributed by atoms with Gasteiger partial charge < -0.3 is 10.5 Å². The zero-order valence-electron chi connectivity index (χ0n) is 7.04. The van der Waals surface area contributed by atoms with Crippen LogP contribution in [0.25, 0.3) is 0 Å². The third-order valence-electron chi connectivity index (χ3n) is 1.02. The fourth-order valence-corrected chi connectivity index (χ4v) is 1.27. The summed E-state index contributed by atoms with van der Waals surface area (Å²) in [6, 6.07) is 0. The molecule has 0 aliphatic carbocycles. The van der Waals surface area contributed by atoms with Crippen molar-refractivity contribution in [2.24, 2.45) is 5.73 Å². The summed E-state index contributed by atoms with van der Waals surface area (Å²) >= 11 is 1.35. The van der Waals surface area contributed by atoms with Gasteiger partial charge in [0.15, 0.2) is 0 Å². The number of amides is 1. The molecule has 70 valence electrons. The van der Waals surface area contributed by atoms with Gasteiger partial charge in [-0.3, -0.25) is 9.59 Å². The van der Waals surface area contributed by atoms with E-state index in [0.29, 0.717) is 24.5 Å². The maximum absolute atomic E-state index is 10.7. The lowest BCUT2D eigenvalue weighted by atomic mass is 10.5. The standard InChI is InChI=1S/C7H13NO3S/c1-2-11-7(10)5-12-4-3-6(8)9/h2-5H2,1H3,(H2,8,9). The molecule has 0 saturated heterocycles. The highest BCUT2D eigenvalue weighted by Gasteiger charge is 2.01. The smallest absolute Gasteiger partial charge is 0.315 e. The number of ether oxygens (including phenoxy) is 1. The molecule has 0 rings (SSSR count). The van der Waals surface area contributed by atoms with Crippen LogP contribution in [0.15, 0.2) is 0 Å². The number of primary amides is 1. The number of nitrogens with two attached hydrogens (primary N) is 1. The molecule has 5 heteroatoms. The molecule has 0 aromatic rings. The summed E-state index contributed by atoms with van der Waals surface area (Å²) in [5, 5.41) is 0. The number of hydrogen-bond acceptors (Lipinski definition) is 4. The van der Waals surface area contributed by atoms with Crippen LogP contribution in [0.3, 0.4) is 0 Å². The van der Waals surface area contributed by atoms with E-state index in [-0.39, 0.29) is 11.9 Å². The number of esters is 1. The van der Waals surface area contributed by atoms with Gasteiger partial charge in [0.2, 0.25) is 5.91 Å². The Kier molecular flexibility index (Phi) is 6.55. The predicted molar refractivity (Wildman–Crippen MR) is 47.8 cm³/mol. The first-order valence-electron chi connectivity index (χ1n) is 3.68. The van der Waals surface area contributed by atoms with Gasteiger partial charge >= 0.3 is 5.97 Å². The van der Waals surface area contributed by atoms with Crippen molar-refractivity contribution in [3.05, 3.63) is 0 Å². The Hall–Kier alpha value is -0.710. The average Bonchev–Trinajstić information content (AvgIpc) is 1.98. The first kappa shape index (κ1) is 11.3. The first-order chi connectivity index (χ1) is 5.66. The summed E-state index contributed by atoms with van der Waals surface area (Å²) in [6.07, 6.45) is 0.310. The molecule has 12 heavy (non-hydrogen) atoms. The molecule has 0 aromatic carbocycles. The van der Waals surface area contributed by atoms with E-state index in [1.54, 1.807) is 6.92 Å². The minimum absolute atomic E-state index is 0.244. The minimum Gasteiger partial charge on any atom is -0.465 e. The summed E-state index contributed by atoms with van der Waals surface area (Å²) < 4.78 is 4.67. The van der Waals surface area contributed by atoms with Crippen molar-refractivity contribution in [1.29, 1.82) is 0 Å². The van der Waals surface area contributed by atoms with Gasteiger partial charge in [-0.2, -0.15) is 0 Å². The number of carbonyl (C=O) groups is 2. The van der Waals surface area contributed by atoms with Gasteiger partial charge in [0.25, 0.3) is 0 Å². The highest BCUT2D eigenvalue weighted by Crippen LogP contribution is 2.02. The maximum Gasteiger partial charge on any atom is 0.315 e. The predicted octanol–water partition coefficient (Wildman–Crippen LogP) is 0.158. The molecule has 0 aliphatic heterocycles. The zero-order chi connectivity index (χ0) is 9.40. The summed E-state index contributed by atoms with van der Waals surface area (Å²) in [5.41, 5.74) is 4.90. The molecule has 0 saturated carbocycles. The number of thioether (sulfide) groups is 1. The van der Waals surface area contributed by atoms with Crippen LogP contribution in [0.4, 0.5) is 0 Å². The number of hydrogen-bond donors (Lipinski definition) is 1. The molecule has 0 fully saturated rings. The third-order valence-corrected chi connectivity index (χ3v) is 1.95. The number of rotatable bonds is 6. The molecule has 0 spiro atoms. The Labute approximate surface area is 75.8 Å².